The Labute approximate surface area is 129 Å². The van der Waals surface area contributed by atoms with Crippen molar-refractivity contribution in [3.05, 3.63) is 21.9 Å². The molecule has 6 heteroatoms. The highest BCUT2D eigenvalue weighted by Crippen LogP contribution is 2.16. The van der Waals surface area contributed by atoms with Gasteiger partial charge in [0.05, 0.1) is 17.0 Å². The van der Waals surface area contributed by atoms with Crippen molar-refractivity contribution in [2.75, 3.05) is 47.1 Å². The number of hydrogen-bond acceptors (Lipinski definition) is 5. The summed E-state index contributed by atoms with van der Waals surface area (Å²) in [4.78, 5) is 15.0. The third kappa shape index (κ3) is 6.27. The van der Waals surface area contributed by atoms with Crippen LogP contribution in [-0.4, -0.2) is 63.0 Å². The van der Waals surface area contributed by atoms with Crippen molar-refractivity contribution in [1.82, 2.24) is 4.90 Å². The number of aliphatic hydroxyl groups is 1. The topological polar surface area (TPSA) is 59.0 Å². The molecular formula is C15H21NO4S. The fourth-order valence-corrected chi connectivity index (χ4v) is 2.49. The van der Waals surface area contributed by atoms with Gasteiger partial charge in [0, 0.05) is 39.3 Å². The first-order valence-electron chi connectivity index (χ1n) is 6.68. The Morgan fingerprint density at radius 2 is 2.10 bits per heavy atom. The van der Waals surface area contributed by atoms with Crippen molar-refractivity contribution in [3.63, 3.8) is 0 Å². The second kappa shape index (κ2) is 10.4. The maximum absolute atomic E-state index is 12.5. The first kappa shape index (κ1) is 17.7. The molecule has 1 N–H and O–H groups in total. The molecule has 0 atom stereocenters. The van der Waals surface area contributed by atoms with Crippen molar-refractivity contribution in [2.45, 2.75) is 6.42 Å². The quantitative estimate of drug-likeness (QED) is 0.579. The van der Waals surface area contributed by atoms with Gasteiger partial charge in [-0.25, -0.2) is 0 Å². The molecule has 116 valence electrons. The molecule has 0 aliphatic rings. The zero-order valence-electron chi connectivity index (χ0n) is 12.4. The summed E-state index contributed by atoms with van der Waals surface area (Å²) in [5.74, 6) is 5.35. The van der Waals surface area contributed by atoms with Crippen LogP contribution in [0.3, 0.4) is 0 Å². The number of nitrogens with zero attached hydrogens (tertiary/aromatic N) is 1. The fourth-order valence-electron chi connectivity index (χ4n) is 1.74. The molecule has 0 aliphatic carbocycles. The lowest BCUT2D eigenvalue weighted by Gasteiger charge is -2.21. The fraction of sp³-hybridized carbons (Fsp3) is 0.533. The van der Waals surface area contributed by atoms with E-state index in [1.807, 2.05) is 0 Å². The highest BCUT2D eigenvalue weighted by Gasteiger charge is 2.16. The summed E-state index contributed by atoms with van der Waals surface area (Å²) in [6.45, 7) is 2.11. The van der Waals surface area contributed by atoms with Gasteiger partial charge < -0.3 is 19.5 Å². The number of ether oxygens (including phenoxy) is 2. The Kier molecular flexibility index (Phi) is 8.71. The maximum Gasteiger partial charge on any atom is 0.254 e. The van der Waals surface area contributed by atoms with Crippen LogP contribution in [0.5, 0.6) is 0 Å². The standard InChI is InChI=1S/C15H21NO4S/c1-19-9-4-6-16(7-10-20-2)15(18)13-11-14(21-12-13)5-3-8-17/h11-12,17H,4,6-10H2,1-2H3. The molecule has 0 aromatic carbocycles. The molecule has 1 aromatic rings. The number of carbonyl (C=O) groups is 1. The summed E-state index contributed by atoms with van der Waals surface area (Å²) in [6.07, 6.45) is 0.785. The lowest BCUT2D eigenvalue weighted by atomic mass is 10.2. The minimum absolute atomic E-state index is 0.0311. The van der Waals surface area contributed by atoms with Gasteiger partial charge in [-0.05, 0) is 12.5 Å². The first-order chi connectivity index (χ1) is 10.2. The normalized spacial score (nSPS) is 10.0. The van der Waals surface area contributed by atoms with Gasteiger partial charge in [0.1, 0.15) is 6.61 Å². The SMILES string of the molecule is COCCCN(CCOC)C(=O)c1csc(C#CCO)c1. The Balaban J connectivity index is 2.70. The van der Waals surface area contributed by atoms with Gasteiger partial charge in [0.25, 0.3) is 5.91 Å². The first-order valence-corrected chi connectivity index (χ1v) is 7.56. The Hall–Kier alpha value is -1.39. The molecule has 0 saturated heterocycles. The van der Waals surface area contributed by atoms with E-state index in [1.165, 1.54) is 11.3 Å². The molecule has 0 aliphatic heterocycles. The van der Waals surface area contributed by atoms with Gasteiger partial charge in [0.15, 0.2) is 0 Å². The molecule has 21 heavy (non-hydrogen) atoms. The van der Waals surface area contributed by atoms with Crippen molar-refractivity contribution in [1.29, 1.82) is 0 Å². The van der Waals surface area contributed by atoms with Crippen LogP contribution < -0.4 is 0 Å². The molecule has 1 heterocycles. The van der Waals surface area contributed by atoms with E-state index in [1.54, 1.807) is 30.6 Å². The summed E-state index contributed by atoms with van der Waals surface area (Å²) in [5.41, 5.74) is 0.621. The van der Waals surface area contributed by atoms with E-state index in [4.69, 9.17) is 14.6 Å². The smallest absolute Gasteiger partial charge is 0.254 e. The number of carbonyl (C=O) groups excluding carboxylic acids is 1. The number of aliphatic hydroxyl groups excluding tert-OH is 1. The zero-order chi connectivity index (χ0) is 15.5. The molecule has 0 radical (unpaired) electrons. The van der Waals surface area contributed by atoms with Gasteiger partial charge in [-0.2, -0.15) is 0 Å². The predicted octanol–water partition coefficient (Wildman–Crippen LogP) is 1.22. The van der Waals surface area contributed by atoms with E-state index in [0.29, 0.717) is 31.9 Å². The minimum Gasteiger partial charge on any atom is -0.385 e. The molecule has 1 aromatic heterocycles. The summed E-state index contributed by atoms with van der Waals surface area (Å²) in [7, 11) is 3.26. The number of amides is 1. The number of hydrogen-bond donors (Lipinski definition) is 1. The van der Waals surface area contributed by atoms with Gasteiger partial charge >= 0.3 is 0 Å². The van der Waals surface area contributed by atoms with Crippen LogP contribution in [0.4, 0.5) is 0 Å². The molecule has 0 spiro atoms. The average Bonchev–Trinajstić information content (AvgIpc) is 2.97. The summed E-state index contributed by atoms with van der Waals surface area (Å²) in [5, 5.41) is 10.5. The lowest BCUT2D eigenvalue weighted by molar-refractivity contribution is 0.0674. The molecule has 0 bridgehead atoms. The largest absolute Gasteiger partial charge is 0.385 e. The van der Waals surface area contributed by atoms with Crippen LogP contribution in [0, 0.1) is 11.8 Å². The Morgan fingerprint density at radius 3 is 2.76 bits per heavy atom. The molecule has 0 saturated carbocycles. The highest BCUT2D eigenvalue weighted by molar-refractivity contribution is 7.10. The second-order valence-electron chi connectivity index (χ2n) is 4.29. The van der Waals surface area contributed by atoms with Gasteiger partial charge in [-0.3, -0.25) is 4.79 Å². The molecular weight excluding hydrogens is 290 g/mol. The monoisotopic (exact) mass is 311 g/mol. The van der Waals surface area contributed by atoms with E-state index < -0.39 is 0 Å². The second-order valence-corrected chi connectivity index (χ2v) is 5.20. The van der Waals surface area contributed by atoms with E-state index in [-0.39, 0.29) is 12.5 Å². The molecule has 0 fully saturated rings. The van der Waals surface area contributed by atoms with Crippen LogP contribution >= 0.6 is 11.3 Å². The van der Waals surface area contributed by atoms with Crippen LogP contribution in [0.25, 0.3) is 0 Å². The van der Waals surface area contributed by atoms with Crippen molar-refractivity contribution >= 4 is 17.2 Å². The van der Waals surface area contributed by atoms with Crippen molar-refractivity contribution in [2.24, 2.45) is 0 Å². The summed E-state index contributed by atoms with van der Waals surface area (Å²) < 4.78 is 10.1. The zero-order valence-corrected chi connectivity index (χ0v) is 13.2. The Morgan fingerprint density at radius 1 is 1.33 bits per heavy atom. The van der Waals surface area contributed by atoms with Gasteiger partial charge in [-0.1, -0.05) is 11.8 Å². The third-order valence-electron chi connectivity index (χ3n) is 2.77. The van der Waals surface area contributed by atoms with E-state index in [2.05, 4.69) is 11.8 Å². The van der Waals surface area contributed by atoms with Crippen LogP contribution in [0.2, 0.25) is 0 Å². The highest BCUT2D eigenvalue weighted by atomic mass is 32.1. The Bertz CT molecular complexity index is 489. The molecule has 1 amide bonds. The predicted molar refractivity (Wildman–Crippen MR) is 82.6 cm³/mol. The lowest BCUT2D eigenvalue weighted by Crippen LogP contribution is -2.35. The molecule has 0 unspecified atom stereocenters. The van der Waals surface area contributed by atoms with Crippen molar-refractivity contribution < 1.29 is 19.4 Å². The maximum atomic E-state index is 12.5. The number of thiophene rings is 1. The third-order valence-corrected chi connectivity index (χ3v) is 3.61. The summed E-state index contributed by atoms with van der Waals surface area (Å²) >= 11 is 1.40. The van der Waals surface area contributed by atoms with E-state index in [9.17, 15) is 4.79 Å². The van der Waals surface area contributed by atoms with Gasteiger partial charge in [0.2, 0.25) is 0 Å². The molecule has 5 nitrogen and oxygen atoms in total. The van der Waals surface area contributed by atoms with E-state index >= 15 is 0 Å². The van der Waals surface area contributed by atoms with Crippen LogP contribution in [0.15, 0.2) is 11.4 Å². The van der Waals surface area contributed by atoms with Crippen LogP contribution in [0.1, 0.15) is 21.7 Å². The molecule has 1 rings (SSSR count). The average molecular weight is 311 g/mol. The minimum atomic E-state index is -0.182. The van der Waals surface area contributed by atoms with Gasteiger partial charge in [-0.15, -0.1) is 11.3 Å². The summed E-state index contributed by atoms with van der Waals surface area (Å²) in [6, 6.07) is 1.76. The van der Waals surface area contributed by atoms with Crippen LogP contribution in [-0.2, 0) is 9.47 Å². The van der Waals surface area contributed by atoms with E-state index in [0.717, 1.165) is 11.3 Å². The number of rotatable bonds is 8. The van der Waals surface area contributed by atoms with Crippen molar-refractivity contribution in [3.8, 4) is 11.8 Å². The number of methoxy groups -OCH3 is 2.